The van der Waals surface area contributed by atoms with E-state index in [0.29, 0.717) is 11.8 Å². The van der Waals surface area contributed by atoms with Crippen molar-refractivity contribution in [2.75, 3.05) is 14.2 Å². The Morgan fingerprint density at radius 1 is 1.33 bits per heavy atom. The molecule has 0 aliphatic carbocycles. The van der Waals surface area contributed by atoms with Gasteiger partial charge in [0.25, 0.3) is 5.88 Å². The number of halogens is 1. The molecule has 1 rings (SSSR count). The minimum absolute atomic E-state index is 0. The van der Waals surface area contributed by atoms with Gasteiger partial charge in [0.15, 0.2) is 0 Å². The quantitative estimate of drug-likeness (QED) is 0.367. The van der Waals surface area contributed by atoms with Gasteiger partial charge in [-0.15, -0.1) is 5.10 Å². The Kier molecular flexibility index (Phi) is 8.39. The van der Waals surface area contributed by atoms with Crippen LogP contribution in [0.4, 0.5) is 0 Å². The van der Waals surface area contributed by atoms with Gasteiger partial charge in [0.2, 0.25) is 5.90 Å². The molecule has 0 aromatic carbocycles. The van der Waals surface area contributed by atoms with E-state index in [9.17, 15) is 0 Å². The Morgan fingerprint density at radius 3 is 2.33 bits per heavy atom. The first-order valence-corrected chi connectivity index (χ1v) is 2.70. The van der Waals surface area contributed by atoms with Gasteiger partial charge in [-0.3, -0.25) is 0 Å². The first kappa shape index (κ1) is 14.1. The van der Waals surface area contributed by atoms with Crippen LogP contribution in [0.5, 0.6) is 0 Å². The van der Waals surface area contributed by atoms with Crippen molar-refractivity contribution < 1.29 is 41.4 Å². The molecule has 0 amide bonds. The minimum atomic E-state index is 0. The van der Waals surface area contributed by atoms with Gasteiger partial charge in [-0.1, -0.05) is 5.43 Å². The Morgan fingerprint density at radius 2 is 2.00 bits per heavy atom. The number of rotatable bonds is 1. The van der Waals surface area contributed by atoms with Crippen molar-refractivity contribution >= 4 is 5.90 Å². The first-order chi connectivity index (χ1) is 4.86. The van der Waals surface area contributed by atoms with Gasteiger partial charge >= 0.3 is 0 Å². The van der Waals surface area contributed by atoms with Crippen molar-refractivity contribution in [3.8, 4) is 0 Å². The summed E-state index contributed by atoms with van der Waals surface area (Å²) in [6.07, 6.45) is 1.56. The van der Waals surface area contributed by atoms with E-state index in [4.69, 9.17) is 9.47 Å². The fourth-order valence-corrected chi connectivity index (χ4v) is 0.475. The maximum absolute atomic E-state index is 4.75. The third-order valence-electron chi connectivity index (χ3n) is 0.961. The van der Waals surface area contributed by atoms with Crippen molar-refractivity contribution in [2.45, 2.75) is 0 Å². The van der Waals surface area contributed by atoms with Crippen molar-refractivity contribution in [1.29, 1.82) is 0 Å². The van der Waals surface area contributed by atoms with Crippen LogP contribution in [0, 0.1) is 0 Å². The number of nitrogens with zero attached hydrogens (tertiary/aromatic N) is 2. The maximum Gasteiger partial charge on any atom is 0.279 e. The summed E-state index contributed by atoms with van der Waals surface area (Å²) in [5, 5.41) is 3.64. The Balaban J connectivity index is 0. The smallest absolute Gasteiger partial charge is 0.279 e. The zero-order chi connectivity index (χ0) is 7.40. The number of hydrogen-bond acceptors (Lipinski definition) is 3. The monoisotopic (exact) mass is 238 g/mol. The molecule has 0 spiro atoms. The Hall–Kier alpha value is -0.497. The molecule has 0 aromatic rings. The summed E-state index contributed by atoms with van der Waals surface area (Å²) in [6.45, 7) is 0. The predicted molar refractivity (Wildman–Crippen MR) is 35.2 cm³/mol. The summed E-state index contributed by atoms with van der Waals surface area (Å²) in [5.41, 5.74) is 6.33. The molecule has 63 valence electrons. The summed E-state index contributed by atoms with van der Waals surface area (Å²) in [4.78, 5) is 0. The molecule has 0 aromatic heterocycles. The van der Waals surface area contributed by atoms with E-state index in [2.05, 4.69) is 16.3 Å². The average Bonchev–Trinajstić information content (AvgIpc) is 2.05. The van der Waals surface area contributed by atoms with E-state index >= 15 is 0 Å². The second-order valence-electron chi connectivity index (χ2n) is 1.54. The van der Waals surface area contributed by atoms with Crippen LogP contribution < -0.4 is 17.8 Å². The molecule has 0 saturated heterocycles. The van der Waals surface area contributed by atoms with E-state index in [-0.39, 0.29) is 31.9 Å². The van der Waals surface area contributed by atoms with E-state index in [1.807, 2.05) is 0 Å². The number of ether oxygens (including phenoxy) is 2. The molecule has 0 unspecified atom stereocenters. The third kappa shape index (κ3) is 3.77. The van der Waals surface area contributed by atoms with Crippen LogP contribution in [0.2, 0.25) is 0 Å². The summed E-state index contributed by atoms with van der Waals surface area (Å²) < 4.78 is 9.48. The standard InChI is InChI=1S/C6H7N2O2.ClH.Zn/c1-9-5-3-4-6(10-2)8-7-5;;/h3H,1-2H3;1H;/p-1. The molecule has 4 nitrogen and oxygen atoms in total. The van der Waals surface area contributed by atoms with E-state index in [0.717, 1.165) is 0 Å². The van der Waals surface area contributed by atoms with Crippen LogP contribution in [-0.4, -0.2) is 20.1 Å². The molecule has 12 heavy (non-hydrogen) atoms. The normalized spacial score (nSPS) is 12.5. The fraction of sp³-hybridized carbons (Fsp3) is 0.333. The topological polar surface area (TPSA) is 44.9 Å². The van der Waals surface area contributed by atoms with E-state index < -0.39 is 0 Å². The fourth-order valence-electron chi connectivity index (χ4n) is 0.475. The van der Waals surface area contributed by atoms with Crippen molar-refractivity contribution in [1.82, 2.24) is 5.43 Å². The van der Waals surface area contributed by atoms with Crippen molar-refractivity contribution in [2.24, 2.45) is 5.10 Å². The molecule has 0 atom stereocenters. The van der Waals surface area contributed by atoms with E-state index in [1.165, 1.54) is 14.2 Å². The molecule has 0 N–H and O–H groups in total. The molecule has 0 fully saturated rings. The predicted octanol–water partition coefficient (Wildman–Crippen LogP) is -2.79. The Bertz CT molecular complexity index is 224. The zero-order valence-electron chi connectivity index (χ0n) is 6.87. The molecular weight excluding hydrogens is 233 g/mol. The van der Waals surface area contributed by atoms with Crippen LogP contribution in [0.3, 0.4) is 0 Å². The average molecular weight is 240 g/mol. The van der Waals surface area contributed by atoms with Crippen LogP contribution in [0.15, 0.2) is 22.8 Å². The van der Waals surface area contributed by atoms with Gasteiger partial charge in [0.1, 0.15) is 0 Å². The maximum atomic E-state index is 4.75. The molecule has 0 bridgehead atoms. The third-order valence-corrected chi connectivity index (χ3v) is 0.961. The summed E-state index contributed by atoms with van der Waals surface area (Å²) in [5.74, 6) is 0.793. The van der Waals surface area contributed by atoms with Gasteiger partial charge in [0.05, 0.1) is 14.2 Å². The van der Waals surface area contributed by atoms with E-state index in [1.54, 1.807) is 6.08 Å². The SMILES string of the molecule is COC1=C=CC(OC)=N[N]1.[Cl-].[Zn]. The molecule has 1 aliphatic heterocycles. The molecule has 6 heteroatoms. The molecule has 1 radical (unpaired) electrons. The van der Waals surface area contributed by atoms with Crippen LogP contribution in [0.25, 0.3) is 0 Å². The van der Waals surface area contributed by atoms with Crippen LogP contribution >= 0.6 is 0 Å². The largest absolute Gasteiger partial charge is 1.00 e. The second-order valence-corrected chi connectivity index (χ2v) is 1.54. The van der Waals surface area contributed by atoms with Crippen LogP contribution in [0.1, 0.15) is 0 Å². The molecule has 1 aliphatic rings. The molecule has 0 saturated carbocycles. The zero-order valence-corrected chi connectivity index (χ0v) is 10.6. The molecular formula is C6H7ClN2O2Zn-. The van der Waals surface area contributed by atoms with Crippen molar-refractivity contribution in [3.05, 3.63) is 17.7 Å². The van der Waals surface area contributed by atoms with Crippen molar-refractivity contribution in [3.63, 3.8) is 0 Å². The summed E-state index contributed by atoms with van der Waals surface area (Å²) in [7, 11) is 3.03. The minimum Gasteiger partial charge on any atom is -1.00 e. The van der Waals surface area contributed by atoms with Gasteiger partial charge < -0.3 is 21.9 Å². The number of hydrogen-bond donors (Lipinski definition) is 0. The summed E-state index contributed by atoms with van der Waals surface area (Å²) >= 11 is 0. The van der Waals surface area contributed by atoms with Gasteiger partial charge in [-0.05, 0) is 5.73 Å². The van der Waals surface area contributed by atoms with Gasteiger partial charge in [-0.25, -0.2) is 0 Å². The first-order valence-electron chi connectivity index (χ1n) is 2.70. The summed E-state index contributed by atoms with van der Waals surface area (Å²) in [6, 6.07) is 0. The van der Waals surface area contributed by atoms with Crippen LogP contribution in [-0.2, 0) is 29.0 Å². The van der Waals surface area contributed by atoms with Gasteiger partial charge in [0, 0.05) is 25.6 Å². The number of methoxy groups -OCH3 is 2. The Labute approximate surface area is 89.9 Å². The second kappa shape index (κ2) is 7.17. The molecule has 1 heterocycles. The van der Waals surface area contributed by atoms with Gasteiger partial charge in [-0.2, -0.15) is 0 Å².